The summed E-state index contributed by atoms with van der Waals surface area (Å²) in [6.45, 7) is 4.78. The highest BCUT2D eigenvalue weighted by atomic mass is 16.2. The first-order valence-electron chi connectivity index (χ1n) is 9.92. The van der Waals surface area contributed by atoms with E-state index in [4.69, 9.17) is 0 Å². The number of nitrogens with zero attached hydrogens (tertiary/aromatic N) is 4. The fraction of sp³-hybridized carbons (Fsp3) is 0.261. The normalized spacial score (nSPS) is 14.6. The van der Waals surface area contributed by atoms with Gasteiger partial charge in [0.1, 0.15) is 5.69 Å². The van der Waals surface area contributed by atoms with Gasteiger partial charge >= 0.3 is 0 Å². The van der Waals surface area contributed by atoms with Crippen LogP contribution in [-0.2, 0) is 13.1 Å². The van der Waals surface area contributed by atoms with Gasteiger partial charge in [-0.15, -0.1) is 0 Å². The average Bonchev–Trinajstić information content (AvgIpc) is 2.79. The van der Waals surface area contributed by atoms with Crippen LogP contribution in [0.2, 0.25) is 0 Å². The molecule has 1 N–H and O–H groups in total. The summed E-state index contributed by atoms with van der Waals surface area (Å²) in [5.74, 6) is -0.00520. The molecule has 1 amide bonds. The van der Waals surface area contributed by atoms with Crippen LogP contribution in [0.15, 0.2) is 73.2 Å². The summed E-state index contributed by atoms with van der Waals surface area (Å²) in [4.78, 5) is 25.6. The van der Waals surface area contributed by atoms with E-state index in [1.165, 1.54) is 5.56 Å². The third kappa shape index (κ3) is 5.18. The number of nitrogens with one attached hydrogen (secondary N) is 1. The lowest BCUT2D eigenvalue weighted by atomic mass is 10.2. The van der Waals surface area contributed by atoms with Crippen LogP contribution >= 0.6 is 0 Å². The summed E-state index contributed by atoms with van der Waals surface area (Å²) < 4.78 is 0. The second kappa shape index (κ2) is 9.30. The first-order chi connectivity index (χ1) is 14.3. The highest BCUT2D eigenvalue weighted by Crippen LogP contribution is 2.14. The van der Waals surface area contributed by atoms with Gasteiger partial charge in [0.15, 0.2) is 0 Å². The van der Waals surface area contributed by atoms with Crippen LogP contribution in [0, 0.1) is 0 Å². The predicted octanol–water partition coefficient (Wildman–Crippen LogP) is 3.05. The van der Waals surface area contributed by atoms with E-state index in [2.05, 4.69) is 44.5 Å². The monoisotopic (exact) mass is 387 g/mol. The lowest BCUT2D eigenvalue weighted by Gasteiger charge is -2.34. The van der Waals surface area contributed by atoms with Crippen LogP contribution in [0.5, 0.6) is 0 Å². The molecule has 1 aliphatic heterocycles. The number of hydrogen-bond acceptors (Lipinski definition) is 5. The molecule has 4 rings (SSSR count). The number of carbonyl (C=O) groups is 1. The largest absolute Gasteiger partial charge is 0.381 e. The average molecular weight is 387 g/mol. The van der Waals surface area contributed by atoms with Gasteiger partial charge < -0.3 is 10.2 Å². The Labute approximate surface area is 171 Å². The molecular weight excluding hydrogens is 362 g/mol. The minimum Gasteiger partial charge on any atom is -0.381 e. The van der Waals surface area contributed by atoms with Crippen LogP contribution < -0.4 is 5.32 Å². The van der Waals surface area contributed by atoms with E-state index in [0.717, 1.165) is 44.0 Å². The maximum atomic E-state index is 12.9. The zero-order valence-corrected chi connectivity index (χ0v) is 16.4. The van der Waals surface area contributed by atoms with Crippen LogP contribution in [-0.4, -0.2) is 51.9 Å². The van der Waals surface area contributed by atoms with Gasteiger partial charge in [-0.05, 0) is 29.3 Å². The van der Waals surface area contributed by atoms with Crippen molar-refractivity contribution in [3.05, 3.63) is 90.0 Å². The molecule has 0 atom stereocenters. The third-order valence-corrected chi connectivity index (χ3v) is 5.11. The van der Waals surface area contributed by atoms with Crippen molar-refractivity contribution in [2.45, 2.75) is 13.1 Å². The number of anilines is 1. The van der Waals surface area contributed by atoms with E-state index in [-0.39, 0.29) is 5.91 Å². The van der Waals surface area contributed by atoms with Gasteiger partial charge in [-0.1, -0.05) is 36.4 Å². The van der Waals surface area contributed by atoms with Gasteiger partial charge in [0.05, 0.1) is 0 Å². The number of rotatable bonds is 6. The number of hydrogen-bond donors (Lipinski definition) is 1. The first-order valence-corrected chi connectivity index (χ1v) is 9.92. The summed E-state index contributed by atoms with van der Waals surface area (Å²) in [6, 6.07) is 18.1. The van der Waals surface area contributed by atoms with E-state index in [0.29, 0.717) is 12.2 Å². The molecule has 1 fully saturated rings. The summed E-state index contributed by atoms with van der Waals surface area (Å²) in [7, 11) is 0. The zero-order valence-electron chi connectivity index (χ0n) is 16.4. The molecule has 1 aromatic carbocycles. The highest BCUT2D eigenvalue weighted by Gasteiger charge is 2.23. The molecular formula is C23H25N5O. The van der Waals surface area contributed by atoms with Gasteiger partial charge in [0.2, 0.25) is 0 Å². The number of pyridine rings is 2. The van der Waals surface area contributed by atoms with Crippen molar-refractivity contribution in [2.24, 2.45) is 0 Å². The summed E-state index contributed by atoms with van der Waals surface area (Å²) in [5, 5.41) is 3.33. The number of aromatic nitrogens is 2. The second-order valence-electron chi connectivity index (χ2n) is 7.20. The maximum Gasteiger partial charge on any atom is 0.272 e. The van der Waals surface area contributed by atoms with Crippen molar-refractivity contribution in [3.8, 4) is 0 Å². The Kier molecular flexibility index (Phi) is 6.12. The lowest BCUT2D eigenvalue weighted by molar-refractivity contribution is 0.0623. The van der Waals surface area contributed by atoms with Crippen molar-refractivity contribution >= 4 is 11.6 Å². The van der Waals surface area contributed by atoms with E-state index in [1.807, 2.05) is 41.4 Å². The number of piperazine rings is 1. The molecule has 0 spiro atoms. The Morgan fingerprint density at radius 2 is 1.72 bits per heavy atom. The van der Waals surface area contributed by atoms with Gasteiger partial charge in [-0.25, -0.2) is 0 Å². The Bertz CT molecular complexity index is 924. The number of carbonyl (C=O) groups excluding carboxylic acids is 1. The Balaban J connectivity index is 1.31. The quantitative estimate of drug-likeness (QED) is 0.704. The topological polar surface area (TPSA) is 61.4 Å². The molecule has 6 nitrogen and oxygen atoms in total. The summed E-state index contributed by atoms with van der Waals surface area (Å²) in [5.41, 5.74) is 3.76. The molecule has 148 valence electrons. The maximum absolute atomic E-state index is 12.9. The Morgan fingerprint density at radius 1 is 0.931 bits per heavy atom. The SMILES string of the molecule is O=C(c1cc(NCc2cccnc2)ccn1)N1CCN(Cc2ccccc2)CC1. The molecule has 6 heteroatoms. The molecule has 3 aromatic rings. The molecule has 0 aliphatic carbocycles. The minimum absolute atomic E-state index is 0.00520. The van der Waals surface area contributed by atoms with Crippen LogP contribution in [0.1, 0.15) is 21.6 Å². The van der Waals surface area contributed by atoms with E-state index in [9.17, 15) is 4.79 Å². The van der Waals surface area contributed by atoms with Gasteiger partial charge in [0.25, 0.3) is 5.91 Å². The predicted molar refractivity (Wildman–Crippen MR) is 113 cm³/mol. The van der Waals surface area contributed by atoms with Crippen molar-refractivity contribution in [1.29, 1.82) is 0 Å². The van der Waals surface area contributed by atoms with Gasteiger partial charge in [0, 0.05) is 63.5 Å². The fourth-order valence-corrected chi connectivity index (χ4v) is 3.48. The smallest absolute Gasteiger partial charge is 0.272 e. The molecule has 1 aliphatic rings. The second-order valence-corrected chi connectivity index (χ2v) is 7.20. The van der Waals surface area contributed by atoms with Crippen molar-refractivity contribution < 1.29 is 4.79 Å². The summed E-state index contributed by atoms with van der Waals surface area (Å²) >= 11 is 0. The van der Waals surface area contributed by atoms with Crippen LogP contribution in [0.3, 0.4) is 0 Å². The van der Waals surface area contributed by atoms with E-state index < -0.39 is 0 Å². The Hall–Kier alpha value is -3.25. The van der Waals surface area contributed by atoms with E-state index >= 15 is 0 Å². The highest BCUT2D eigenvalue weighted by molar-refractivity contribution is 5.93. The van der Waals surface area contributed by atoms with Crippen LogP contribution in [0.25, 0.3) is 0 Å². The van der Waals surface area contributed by atoms with Crippen molar-refractivity contribution in [2.75, 3.05) is 31.5 Å². The minimum atomic E-state index is -0.00520. The summed E-state index contributed by atoms with van der Waals surface area (Å²) in [6.07, 6.45) is 5.27. The first kappa shape index (κ1) is 19.1. The van der Waals surface area contributed by atoms with E-state index in [1.54, 1.807) is 12.4 Å². The molecule has 3 heterocycles. The van der Waals surface area contributed by atoms with Crippen LogP contribution in [0.4, 0.5) is 5.69 Å². The molecule has 1 saturated heterocycles. The number of benzene rings is 1. The van der Waals surface area contributed by atoms with Gasteiger partial charge in [-0.3, -0.25) is 19.7 Å². The number of amides is 1. The molecule has 0 saturated carbocycles. The molecule has 0 bridgehead atoms. The van der Waals surface area contributed by atoms with Crippen molar-refractivity contribution in [1.82, 2.24) is 19.8 Å². The molecule has 0 radical (unpaired) electrons. The molecule has 0 unspecified atom stereocenters. The van der Waals surface area contributed by atoms with Gasteiger partial charge in [-0.2, -0.15) is 0 Å². The molecule has 29 heavy (non-hydrogen) atoms. The standard InChI is InChI=1S/C23H25N5O/c29-23(28-13-11-27(12-14-28)18-19-5-2-1-3-6-19)22-15-21(8-10-25-22)26-17-20-7-4-9-24-16-20/h1-10,15-16H,11-14,17-18H2,(H,25,26). The molecule has 2 aromatic heterocycles. The third-order valence-electron chi connectivity index (χ3n) is 5.11. The fourth-order valence-electron chi connectivity index (χ4n) is 3.48. The lowest BCUT2D eigenvalue weighted by Crippen LogP contribution is -2.48. The zero-order chi connectivity index (χ0) is 19.9. The Morgan fingerprint density at radius 3 is 2.48 bits per heavy atom. The van der Waals surface area contributed by atoms with Crippen molar-refractivity contribution in [3.63, 3.8) is 0 Å².